The Kier molecular flexibility index (Phi) is 3.51. The van der Waals surface area contributed by atoms with E-state index < -0.39 is 11.9 Å². The van der Waals surface area contributed by atoms with Crippen LogP contribution in [-0.2, 0) is 0 Å². The third kappa shape index (κ3) is 2.66. The average molecular weight is 277 g/mol. The number of ether oxygens (including phenoxy) is 1. The first-order valence-electron chi connectivity index (χ1n) is 5.42. The highest BCUT2D eigenvalue weighted by Gasteiger charge is 2.16. The largest absolute Gasteiger partial charge is 0.497 e. The van der Waals surface area contributed by atoms with Crippen molar-refractivity contribution in [2.45, 2.75) is 0 Å². The molecule has 5 N–H and O–H groups in total. The van der Waals surface area contributed by atoms with E-state index in [4.69, 9.17) is 15.6 Å². The number of methoxy groups -OCH3 is 1. The number of nitrogens with two attached hydrogens (primary N) is 1. The van der Waals surface area contributed by atoms with E-state index in [1.165, 1.54) is 25.3 Å². The molecule has 0 atom stereocenters. The molecule has 0 aliphatic heterocycles. The van der Waals surface area contributed by atoms with Crippen molar-refractivity contribution in [3.63, 3.8) is 0 Å². The van der Waals surface area contributed by atoms with E-state index in [1.54, 1.807) is 0 Å². The Morgan fingerprint density at radius 1 is 1.45 bits per heavy atom. The number of aromatic carboxylic acids is 1. The molecule has 0 saturated carbocycles. The van der Waals surface area contributed by atoms with Gasteiger partial charge in [0.2, 0.25) is 11.8 Å². The summed E-state index contributed by atoms with van der Waals surface area (Å²) in [6, 6.07) is 4.19. The predicted molar refractivity (Wildman–Crippen MR) is 68.7 cm³/mol. The molecule has 0 unspecified atom stereocenters. The number of nitrogens with zero attached hydrogens (tertiary/aromatic N) is 2. The molecule has 20 heavy (non-hydrogen) atoms. The first-order valence-corrected chi connectivity index (χ1v) is 5.42. The molecule has 0 aliphatic rings. The molecule has 0 aliphatic carbocycles. The summed E-state index contributed by atoms with van der Waals surface area (Å²) < 4.78 is 4.98. The molecule has 1 amide bonds. The van der Waals surface area contributed by atoms with E-state index in [9.17, 15) is 9.59 Å². The molecule has 2 aromatic rings. The van der Waals surface area contributed by atoms with Gasteiger partial charge in [-0.1, -0.05) is 0 Å². The highest BCUT2D eigenvalue weighted by molar-refractivity contribution is 6.06. The molecule has 0 bridgehead atoms. The Morgan fingerprint density at radius 3 is 2.75 bits per heavy atom. The summed E-state index contributed by atoms with van der Waals surface area (Å²) in [5.74, 6) is -1.65. The van der Waals surface area contributed by atoms with Gasteiger partial charge in [0.25, 0.3) is 5.91 Å². The van der Waals surface area contributed by atoms with Crippen molar-refractivity contribution in [1.82, 2.24) is 15.2 Å². The van der Waals surface area contributed by atoms with Gasteiger partial charge in [-0.3, -0.25) is 9.89 Å². The highest BCUT2D eigenvalue weighted by Crippen LogP contribution is 2.23. The number of H-pyrrole nitrogens is 1. The normalized spacial score (nSPS) is 10.1. The number of anilines is 2. The number of hydrogen-bond acceptors (Lipinski definition) is 6. The van der Waals surface area contributed by atoms with Crippen LogP contribution in [-0.4, -0.2) is 39.3 Å². The molecular formula is C11H11N5O4. The van der Waals surface area contributed by atoms with Crippen molar-refractivity contribution >= 4 is 23.5 Å². The molecule has 1 aromatic heterocycles. The fraction of sp³-hybridized carbons (Fsp3) is 0.0909. The van der Waals surface area contributed by atoms with Crippen LogP contribution in [0.1, 0.15) is 21.0 Å². The summed E-state index contributed by atoms with van der Waals surface area (Å²) in [5.41, 5.74) is 5.29. The van der Waals surface area contributed by atoms with Gasteiger partial charge in [0.1, 0.15) is 5.75 Å². The van der Waals surface area contributed by atoms with E-state index >= 15 is 0 Å². The van der Waals surface area contributed by atoms with Crippen molar-refractivity contribution in [2.24, 2.45) is 0 Å². The van der Waals surface area contributed by atoms with Crippen molar-refractivity contribution in [1.29, 1.82) is 0 Å². The van der Waals surface area contributed by atoms with E-state index in [1.807, 2.05) is 0 Å². The molecule has 0 fully saturated rings. The number of aromatic amines is 1. The lowest BCUT2D eigenvalue weighted by atomic mass is 10.1. The molecule has 9 nitrogen and oxygen atoms in total. The molecule has 104 valence electrons. The number of amides is 1. The van der Waals surface area contributed by atoms with Gasteiger partial charge in [-0.2, -0.15) is 4.98 Å². The van der Waals surface area contributed by atoms with Crippen LogP contribution in [0.15, 0.2) is 18.2 Å². The Bertz CT molecular complexity index is 667. The van der Waals surface area contributed by atoms with Crippen molar-refractivity contribution < 1.29 is 19.4 Å². The maximum Gasteiger partial charge on any atom is 0.337 e. The van der Waals surface area contributed by atoms with Gasteiger partial charge in [-0.25, -0.2) is 4.79 Å². The Balaban J connectivity index is 2.31. The predicted octanol–water partition coefficient (Wildman–Crippen LogP) is 0.346. The summed E-state index contributed by atoms with van der Waals surface area (Å²) in [4.78, 5) is 26.6. The third-order valence-corrected chi connectivity index (χ3v) is 2.42. The Morgan fingerprint density at radius 2 is 2.20 bits per heavy atom. The zero-order chi connectivity index (χ0) is 14.7. The molecule has 1 aromatic carbocycles. The summed E-state index contributed by atoms with van der Waals surface area (Å²) in [5, 5.41) is 17.3. The molecule has 2 rings (SSSR count). The minimum atomic E-state index is -1.18. The van der Waals surface area contributed by atoms with Crippen LogP contribution in [0.4, 0.5) is 11.6 Å². The fourth-order valence-corrected chi connectivity index (χ4v) is 1.50. The lowest BCUT2D eigenvalue weighted by Crippen LogP contribution is -2.16. The second-order valence-electron chi connectivity index (χ2n) is 3.71. The minimum absolute atomic E-state index is 0.0772. The number of carboxylic acid groups (broad SMARTS) is 1. The van der Waals surface area contributed by atoms with E-state index in [2.05, 4.69) is 20.5 Å². The maximum atomic E-state index is 11.9. The van der Waals surface area contributed by atoms with E-state index in [0.717, 1.165) is 0 Å². The van der Waals surface area contributed by atoms with Crippen LogP contribution in [0, 0.1) is 0 Å². The number of benzene rings is 1. The van der Waals surface area contributed by atoms with Gasteiger partial charge in [0.15, 0.2) is 0 Å². The van der Waals surface area contributed by atoms with Crippen LogP contribution >= 0.6 is 0 Å². The van der Waals surface area contributed by atoms with Gasteiger partial charge in [-0.15, -0.1) is 5.10 Å². The fourth-order valence-electron chi connectivity index (χ4n) is 1.50. The number of carboxylic acids is 1. The topological polar surface area (TPSA) is 143 Å². The summed E-state index contributed by atoms with van der Waals surface area (Å²) in [6.07, 6.45) is 0. The first-order chi connectivity index (χ1) is 9.51. The number of rotatable bonds is 4. The van der Waals surface area contributed by atoms with E-state index in [0.29, 0.717) is 5.75 Å². The number of carbonyl (C=O) groups excluding carboxylic acids is 1. The van der Waals surface area contributed by atoms with Crippen LogP contribution in [0.3, 0.4) is 0 Å². The molecule has 0 spiro atoms. The second kappa shape index (κ2) is 5.26. The molecule has 0 saturated heterocycles. The van der Waals surface area contributed by atoms with Gasteiger partial charge in [0, 0.05) is 6.07 Å². The number of carbonyl (C=O) groups is 2. The van der Waals surface area contributed by atoms with Gasteiger partial charge in [0.05, 0.1) is 18.4 Å². The first kappa shape index (κ1) is 13.3. The third-order valence-electron chi connectivity index (χ3n) is 2.42. The molecule has 1 heterocycles. The number of hydrogen-bond donors (Lipinski definition) is 4. The summed E-state index contributed by atoms with van der Waals surface area (Å²) in [7, 11) is 1.43. The second-order valence-corrected chi connectivity index (χ2v) is 3.71. The van der Waals surface area contributed by atoms with Crippen LogP contribution in [0.2, 0.25) is 0 Å². The van der Waals surface area contributed by atoms with Crippen molar-refractivity contribution in [2.75, 3.05) is 18.2 Å². The van der Waals surface area contributed by atoms with E-state index in [-0.39, 0.29) is 23.0 Å². The lowest BCUT2D eigenvalue weighted by molar-refractivity contribution is 0.0698. The monoisotopic (exact) mass is 277 g/mol. The SMILES string of the molecule is COc1ccc(C(=O)O)c(NC(=O)c2nc(N)n[nH]2)c1. The summed E-state index contributed by atoms with van der Waals surface area (Å²) in [6.45, 7) is 0. The lowest BCUT2D eigenvalue weighted by Gasteiger charge is -2.09. The molecule has 0 radical (unpaired) electrons. The Hall–Kier alpha value is -3.10. The smallest absolute Gasteiger partial charge is 0.337 e. The number of nitrogens with one attached hydrogen (secondary N) is 2. The van der Waals surface area contributed by atoms with Gasteiger partial charge >= 0.3 is 5.97 Å². The van der Waals surface area contributed by atoms with Crippen LogP contribution in [0.5, 0.6) is 5.75 Å². The molecular weight excluding hydrogens is 266 g/mol. The number of nitrogen functional groups attached to an aromatic ring is 1. The van der Waals surface area contributed by atoms with Gasteiger partial charge in [-0.05, 0) is 12.1 Å². The van der Waals surface area contributed by atoms with Crippen LogP contribution < -0.4 is 15.8 Å². The maximum absolute atomic E-state index is 11.9. The highest BCUT2D eigenvalue weighted by atomic mass is 16.5. The van der Waals surface area contributed by atoms with Crippen molar-refractivity contribution in [3.05, 3.63) is 29.6 Å². The average Bonchev–Trinajstić information content (AvgIpc) is 2.85. The quantitative estimate of drug-likeness (QED) is 0.631. The standard InChI is InChI=1S/C11H11N5O4/c1-20-5-2-3-6(10(18)19)7(4-5)13-9(17)8-14-11(12)16-15-8/h2-4H,1H3,(H,13,17)(H,18,19)(H3,12,14,15,16). The van der Waals surface area contributed by atoms with Gasteiger partial charge < -0.3 is 20.9 Å². The zero-order valence-electron chi connectivity index (χ0n) is 10.4. The minimum Gasteiger partial charge on any atom is -0.497 e. The molecule has 9 heteroatoms. The zero-order valence-corrected chi connectivity index (χ0v) is 10.4. The van der Waals surface area contributed by atoms with Crippen molar-refractivity contribution in [3.8, 4) is 5.75 Å². The van der Waals surface area contributed by atoms with Crippen LogP contribution in [0.25, 0.3) is 0 Å². The Labute approximate surface area is 112 Å². The summed E-state index contributed by atoms with van der Waals surface area (Å²) >= 11 is 0. The number of aromatic nitrogens is 3.